The highest BCUT2D eigenvalue weighted by molar-refractivity contribution is 5.83. The molecule has 1 aromatic heterocycles. The highest BCUT2D eigenvalue weighted by Gasteiger charge is 2.42. The van der Waals surface area contributed by atoms with E-state index in [4.69, 9.17) is 14.2 Å². The number of fused-ring (bicyclic) bond motifs is 7. The van der Waals surface area contributed by atoms with Crippen molar-refractivity contribution >= 4 is 27.5 Å². The SMILES string of the molecule is COc1cc2c(cc1OC)[C@@H]1c3cccc(OC)c3N(CCCn3c[n+](Cc4ccc5ccccc5c4)c4cc(C)c(C)cc43)C[C@@H]1C2.[Br-]. The lowest BCUT2D eigenvalue weighted by molar-refractivity contribution is -0.663. The largest absolute Gasteiger partial charge is 1.00 e. The van der Waals surface area contributed by atoms with Crippen LogP contribution in [-0.4, -0.2) is 39.0 Å². The number of anilines is 1. The molecule has 6 aromatic rings. The summed E-state index contributed by atoms with van der Waals surface area (Å²) >= 11 is 0. The van der Waals surface area contributed by atoms with Crippen LogP contribution in [0.4, 0.5) is 5.69 Å². The van der Waals surface area contributed by atoms with Crippen LogP contribution in [0.5, 0.6) is 17.2 Å². The number of halogens is 1. The van der Waals surface area contributed by atoms with Gasteiger partial charge in [0.2, 0.25) is 6.33 Å². The number of nitrogens with zero attached hydrogens (tertiary/aromatic N) is 3. The molecule has 0 fully saturated rings. The van der Waals surface area contributed by atoms with Gasteiger partial charge in [0.25, 0.3) is 0 Å². The van der Waals surface area contributed by atoms with Gasteiger partial charge in [-0.05, 0) is 107 Å². The predicted octanol–water partition coefficient (Wildman–Crippen LogP) is 4.99. The van der Waals surface area contributed by atoms with Crippen LogP contribution >= 0.6 is 0 Å². The van der Waals surface area contributed by atoms with Gasteiger partial charge in [-0.2, -0.15) is 0 Å². The zero-order valence-corrected chi connectivity index (χ0v) is 30.6. The standard InChI is InChI=1S/C42H44N3O3.BrH/c1-27-18-36-37(19-28(27)2)45(24-29-14-15-30-10-6-7-11-31(30)20-29)26-44(36)17-9-16-43-25-33-21-32-22-39(47-4)40(48-5)23-35(32)41(33)34-12-8-13-38(46-3)42(34)43;/h6-8,10-15,18-20,22-23,26,33,41H,9,16-17,21,24-25H2,1-5H3;1H/q+1;/p-1/t33-,41-;/m0./s1. The van der Waals surface area contributed by atoms with Crippen molar-refractivity contribution in [2.45, 2.75) is 45.7 Å². The minimum atomic E-state index is 0. The van der Waals surface area contributed by atoms with Gasteiger partial charge in [-0.25, -0.2) is 9.13 Å². The quantitative estimate of drug-likeness (QED) is 0.198. The molecule has 7 heteroatoms. The first-order valence-electron chi connectivity index (χ1n) is 17.1. The molecule has 5 aromatic carbocycles. The van der Waals surface area contributed by atoms with Crippen molar-refractivity contribution < 1.29 is 35.8 Å². The summed E-state index contributed by atoms with van der Waals surface area (Å²) in [7, 11) is 5.23. The maximum Gasteiger partial charge on any atom is 0.245 e. The van der Waals surface area contributed by atoms with E-state index in [1.807, 2.05) is 0 Å². The van der Waals surface area contributed by atoms with E-state index in [1.54, 1.807) is 21.3 Å². The van der Waals surface area contributed by atoms with Crippen molar-refractivity contribution in [3.05, 3.63) is 125 Å². The Bertz CT molecular complexity index is 2170. The van der Waals surface area contributed by atoms with Gasteiger partial charge in [0.1, 0.15) is 12.3 Å². The Morgan fingerprint density at radius 1 is 0.735 bits per heavy atom. The molecule has 2 atom stereocenters. The fraction of sp³-hybridized carbons (Fsp3) is 0.310. The van der Waals surface area contributed by atoms with Crippen LogP contribution in [0.3, 0.4) is 0 Å². The first-order chi connectivity index (χ1) is 23.4. The van der Waals surface area contributed by atoms with Gasteiger partial charge in [0, 0.05) is 25.4 Å². The lowest BCUT2D eigenvalue weighted by Gasteiger charge is -2.39. The third-order valence-corrected chi connectivity index (χ3v) is 10.8. The molecule has 2 heterocycles. The smallest absolute Gasteiger partial charge is 0.245 e. The van der Waals surface area contributed by atoms with Crippen LogP contribution in [0.2, 0.25) is 0 Å². The van der Waals surface area contributed by atoms with E-state index in [0.717, 1.165) is 56.3 Å². The summed E-state index contributed by atoms with van der Waals surface area (Å²) in [6.45, 7) is 8.16. The highest BCUT2D eigenvalue weighted by Crippen LogP contribution is 2.53. The van der Waals surface area contributed by atoms with Crippen LogP contribution < -0.4 is 40.7 Å². The van der Waals surface area contributed by atoms with Crippen LogP contribution in [0, 0.1) is 19.8 Å². The molecule has 0 bridgehead atoms. The van der Waals surface area contributed by atoms with Gasteiger partial charge >= 0.3 is 0 Å². The Labute approximate surface area is 299 Å². The molecule has 252 valence electrons. The number of benzene rings is 5. The Hall–Kier alpha value is -4.49. The van der Waals surface area contributed by atoms with Gasteiger partial charge in [-0.1, -0.05) is 48.5 Å². The lowest BCUT2D eigenvalue weighted by Crippen LogP contribution is -3.00. The molecular weight excluding hydrogens is 674 g/mol. The molecule has 0 saturated heterocycles. The van der Waals surface area contributed by atoms with Crippen molar-refractivity contribution in [2.24, 2.45) is 5.92 Å². The van der Waals surface area contributed by atoms with Crippen LogP contribution in [0.1, 0.15) is 45.7 Å². The second-order valence-electron chi connectivity index (χ2n) is 13.6. The number of aromatic nitrogens is 2. The molecule has 0 amide bonds. The number of imidazole rings is 1. The Morgan fingerprint density at radius 3 is 2.29 bits per heavy atom. The molecule has 8 rings (SSSR count). The highest BCUT2D eigenvalue weighted by atomic mass is 79.9. The summed E-state index contributed by atoms with van der Waals surface area (Å²) in [5.41, 5.74) is 11.8. The number of hydrogen-bond acceptors (Lipinski definition) is 4. The summed E-state index contributed by atoms with van der Waals surface area (Å²) in [5, 5.41) is 2.57. The minimum Gasteiger partial charge on any atom is -1.00 e. The first-order valence-corrected chi connectivity index (χ1v) is 17.1. The van der Waals surface area contributed by atoms with Gasteiger partial charge in [-0.15, -0.1) is 0 Å². The molecule has 6 nitrogen and oxygen atoms in total. The third kappa shape index (κ3) is 5.82. The zero-order chi connectivity index (χ0) is 32.9. The average Bonchev–Trinajstić information content (AvgIpc) is 3.63. The van der Waals surface area contributed by atoms with Gasteiger partial charge in [0.15, 0.2) is 22.5 Å². The molecule has 0 spiro atoms. The Balaban J connectivity index is 0.00000378. The van der Waals surface area contributed by atoms with Crippen molar-refractivity contribution in [3.63, 3.8) is 0 Å². The molecular formula is C42H44BrN3O3. The van der Waals surface area contributed by atoms with E-state index in [9.17, 15) is 0 Å². The zero-order valence-electron chi connectivity index (χ0n) is 29.0. The fourth-order valence-electron chi connectivity index (χ4n) is 8.33. The number of hydrogen-bond donors (Lipinski definition) is 0. The summed E-state index contributed by atoms with van der Waals surface area (Å²) in [4.78, 5) is 2.58. The van der Waals surface area contributed by atoms with Crippen LogP contribution in [0.25, 0.3) is 21.8 Å². The summed E-state index contributed by atoms with van der Waals surface area (Å²) < 4.78 is 22.3. The summed E-state index contributed by atoms with van der Waals surface area (Å²) in [5.74, 6) is 3.35. The number of para-hydroxylation sites is 1. The Kier molecular flexibility index (Phi) is 9.05. The van der Waals surface area contributed by atoms with Gasteiger partial charge < -0.3 is 36.1 Å². The normalized spacial score (nSPS) is 16.2. The molecule has 1 aliphatic heterocycles. The molecule has 49 heavy (non-hydrogen) atoms. The third-order valence-electron chi connectivity index (χ3n) is 10.8. The number of methoxy groups -OCH3 is 3. The molecule has 2 aliphatic rings. The van der Waals surface area contributed by atoms with Crippen molar-refractivity contribution in [1.82, 2.24) is 4.57 Å². The minimum absolute atomic E-state index is 0. The van der Waals surface area contributed by atoms with E-state index in [-0.39, 0.29) is 17.0 Å². The summed E-state index contributed by atoms with van der Waals surface area (Å²) in [6.07, 6.45) is 4.38. The van der Waals surface area contributed by atoms with Gasteiger partial charge in [-0.3, -0.25) is 0 Å². The molecule has 0 saturated carbocycles. The number of rotatable bonds is 9. The Morgan fingerprint density at radius 2 is 1.49 bits per heavy atom. The maximum atomic E-state index is 6.00. The second kappa shape index (κ2) is 13.4. The first kappa shape index (κ1) is 33.0. The maximum absolute atomic E-state index is 6.00. The van der Waals surface area contributed by atoms with E-state index in [2.05, 4.69) is 119 Å². The molecule has 1 aliphatic carbocycles. The topological polar surface area (TPSA) is 39.7 Å². The number of aryl methyl sites for hydroxylation is 3. The van der Waals surface area contributed by atoms with Gasteiger partial charge in [0.05, 0.1) is 33.6 Å². The van der Waals surface area contributed by atoms with E-state index < -0.39 is 0 Å². The van der Waals surface area contributed by atoms with Crippen molar-refractivity contribution in [2.75, 3.05) is 39.3 Å². The van der Waals surface area contributed by atoms with Crippen molar-refractivity contribution in [1.29, 1.82) is 0 Å². The molecule has 0 N–H and O–H groups in total. The fourth-order valence-corrected chi connectivity index (χ4v) is 8.33. The summed E-state index contributed by atoms with van der Waals surface area (Å²) in [6, 6.07) is 31.1. The lowest BCUT2D eigenvalue weighted by atomic mass is 9.81. The second-order valence-corrected chi connectivity index (χ2v) is 13.6. The monoisotopic (exact) mass is 717 g/mol. The van der Waals surface area contributed by atoms with Crippen LogP contribution in [0.15, 0.2) is 91.3 Å². The van der Waals surface area contributed by atoms with Crippen molar-refractivity contribution in [3.8, 4) is 17.2 Å². The number of ether oxygens (including phenoxy) is 3. The van der Waals surface area contributed by atoms with Crippen LogP contribution in [-0.2, 0) is 19.5 Å². The van der Waals surface area contributed by atoms with E-state index >= 15 is 0 Å². The van der Waals surface area contributed by atoms with E-state index in [1.165, 1.54) is 60.9 Å². The average molecular weight is 719 g/mol. The molecule has 0 unspecified atom stereocenters. The van der Waals surface area contributed by atoms with E-state index in [0.29, 0.717) is 11.8 Å². The molecule has 0 radical (unpaired) electrons. The predicted molar refractivity (Wildman–Crippen MR) is 193 cm³/mol.